The van der Waals surface area contributed by atoms with Crippen molar-refractivity contribution in [2.24, 2.45) is 47.3 Å². The van der Waals surface area contributed by atoms with E-state index in [0.29, 0.717) is 0 Å². The van der Waals surface area contributed by atoms with E-state index in [4.69, 9.17) is 9.47 Å². The molecule has 0 aromatic carbocycles. The molecule has 0 amide bonds. The van der Waals surface area contributed by atoms with E-state index in [2.05, 4.69) is 0 Å². The topological polar surface area (TPSA) is 86.7 Å². The monoisotopic (exact) mass is 262 g/mol. The fraction of sp³-hybridized carbons (Fsp3) is 0.692. The van der Waals surface area contributed by atoms with Crippen LogP contribution in [0.2, 0.25) is 0 Å². The van der Waals surface area contributed by atoms with Gasteiger partial charge in [0.05, 0.1) is 23.7 Å². The Labute approximate surface area is 107 Å². The number of fused-ring (bicyclic) bond motifs is 11. The molecule has 6 heteroatoms. The van der Waals surface area contributed by atoms with Crippen molar-refractivity contribution in [1.82, 2.24) is 0 Å². The first kappa shape index (κ1) is 10.1. The number of carbonyl (C=O) groups excluding carboxylic acids is 4. The van der Waals surface area contributed by atoms with Gasteiger partial charge in [0.25, 0.3) is 0 Å². The van der Waals surface area contributed by atoms with E-state index in [9.17, 15) is 19.2 Å². The first-order valence-corrected chi connectivity index (χ1v) is 6.60. The van der Waals surface area contributed by atoms with Crippen molar-refractivity contribution in [1.29, 1.82) is 0 Å². The van der Waals surface area contributed by atoms with Gasteiger partial charge in [-0.2, -0.15) is 0 Å². The molecule has 2 bridgehead atoms. The summed E-state index contributed by atoms with van der Waals surface area (Å²) in [5.41, 5.74) is 0. The third-order valence-electron chi connectivity index (χ3n) is 5.99. The largest absolute Gasteiger partial charge is 0.393 e. The Morgan fingerprint density at radius 3 is 1.42 bits per heavy atom. The van der Waals surface area contributed by atoms with Crippen LogP contribution >= 0.6 is 0 Å². The Kier molecular flexibility index (Phi) is 1.46. The summed E-state index contributed by atoms with van der Waals surface area (Å²) in [5, 5.41) is 0. The summed E-state index contributed by atoms with van der Waals surface area (Å²) in [6.07, 6.45) is 0.763. The van der Waals surface area contributed by atoms with Crippen molar-refractivity contribution in [3.8, 4) is 0 Å². The van der Waals surface area contributed by atoms with Crippen molar-refractivity contribution in [2.75, 3.05) is 0 Å². The second kappa shape index (κ2) is 2.73. The fourth-order valence-corrected chi connectivity index (χ4v) is 5.57. The van der Waals surface area contributed by atoms with Gasteiger partial charge in [0.15, 0.2) is 0 Å². The lowest BCUT2D eigenvalue weighted by Crippen LogP contribution is -2.55. The Bertz CT molecular complexity index is 528. The lowest BCUT2D eigenvalue weighted by atomic mass is 9.49. The minimum absolute atomic E-state index is 0.0126. The number of carbonyl (C=O) groups is 4. The highest BCUT2D eigenvalue weighted by atomic mass is 16.6. The molecule has 2 heterocycles. The molecular formula is C13H10O6. The summed E-state index contributed by atoms with van der Waals surface area (Å²) in [6.45, 7) is 0. The number of cyclic esters (lactones) is 4. The molecule has 5 aliphatic rings. The molecule has 0 N–H and O–H groups in total. The molecule has 19 heavy (non-hydrogen) atoms. The Morgan fingerprint density at radius 2 is 1.00 bits per heavy atom. The summed E-state index contributed by atoms with van der Waals surface area (Å²) < 4.78 is 9.44. The molecule has 5 rings (SSSR count). The fourth-order valence-electron chi connectivity index (χ4n) is 5.57. The van der Waals surface area contributed by atoms with Crippen LogP contribution in [0.1, 0.15) is 6.42 Å². The predicted octanol–water partition coefficient (Wildman–Crippen LogP) is -0.486. The van der Waals surface area contributed by atoms with Crippen LogP contribution in [-0.4, -0.2) is 23.9 Å². The van der Waals surface area contributed by atoms with E-state index in [-0.39, 0.29) is 47.3 Å². The van der Waals surface area contributed by atoms with Crippen LogP contribution < -0.4 is 0 Å². The highest BCUT2D eigenvalue weighted by Crippen LogP contribution is 2.72. The third-order valence-corrected chi connectivity index (χ3v) is 5.99. The predicted molar refractivity (Wildman–Crippen MR) is 54.7 cm³/mol. The smallest absolute Gasteiger partial charge is 0.317 e. The molecule has 5 fully saturated rings. The maximum Gasteiger partial charge on any atom is 0.317 e. The van der Waals surface area contributed by atoms with Gasteiger partial charge in [-0.3, -0.25) is 19.2 Å². The Hall–Kier alpha value is -1.72. The second-order valence-electron chi connectivity index (χ2n) is 6.30. The van der Waals surface area contributed by atoms with Gasteiger partial charge >= 0.3 is 23.9 Å². The molecule has 2 saturated heterocycles. The van der Waals surface area contributed by atoms with E-state index in [0.717, 1.165) is 6.42 Å². The lowest BCUT2D eigenvalue weighted by molar-refractivity contribution is -0.156. The summed E-state index contributed by atoms with van der Waals surface area (Å²) in [5.74, 6) is -3.21. The van der Waals surface area contributed by atoms with Crippen molar-refractivity contribution in [3.05, 3.63) is 0 Å². The molecule has 8 atom stereocenters. The average Bonchev–Trinajstić information content (AvgIpc) is 2.92. The first-order valence-electron chi connectivity index (χ1n) is 6.60. The van der Waals surface area contributed by atoms with Crippen molar-refractivity contribution >= 4 is 23.9 Å². The Balaban J connectivity index is 1.59. The van der Waals surface area contributed by atoms with Gasteiger partial charge < -0.3 is 9.47 Å². The molecule has 0 aromatic rings. The van der Waals surface area contributed by atoms with E-state index in [1.807, 2.05) is 0 Å². The molecule has 98 valence electrons. The second-order valence-corrected chi connectivity index (χ2v) is 6.30. The number of esters is 4. The van der Waals surface area contributed by atoms with Crippen LogP contribution in [0.15, 0.2) is 0 Å². The zero-order valence-corrected chi connectivity index (χ0v) is 9.78. The SMILES string of the molecule is O=C1OC(=O)C2C1C1C2[C@H]2C[C@@H]1C1C(=O)OC(=O)C12. The van der Waals surface area contributed by atoms with E-state index in [1.165, 1.54) is 0 Å². The average molecular weight is 262 g/mol. The molecule has 2 aliphatic heterocycles. The van der Waals surface area contributed by atoms with Gasteiger partial charge in [0.1, 0.15) is 0 Å². The van der Waals surface area contributed by atoms with Gasteiger partial charge in [0, 0.05) is 0 Å². The summed E-state index contributed by atoms with van der Waals surface area (Å²) in [7, 11) is 0. The molecule has 3 aliphatic carbocycles. The zero-order valence-electron chi connectivity index (χ0n) is 9.78. The van der Waals surface area contributed by atoms with Crippen LogP contribution in [-0.2, 0) is 28.7 Å². The van der Waals surface area contributed by atoms with Crippen LogP contribution in [0.3, 0.4) is 0 Å². The molecule has 0 radical (unpaired) electrons. The van der Waals surface area contributed by atoms with Crippen LogP contribution in [0, 0.1) is 47.3 Å². The van der Waals surface area contributed by atoms with Gasteiger partial charge in [-0.25, -0.2) is 0 Å². The van der Waals surface area contributed by atoms with Gasteiger partial charge in [-0.15, -0.1) is 0 Å². The minimum Gasteiger partial charge on any atom is -0.393 e. The molecule has 6 unspecified atom stereocenters. The highest BCUT2D eigenvalue weighted by Gasteiger charge is 2.78. The first-order chi connectivity index (χ1) is 9.09. The van der Waals surface area contributed by atoms with Gasteiger partial charge in [-0.05, 0) is 30.1 Å². The molecule has 0 spiro atoms. The van der Waals surface area contributed by atoms with Gasteiger partial charge in [0.2, 0.25) is 0 Å². The Morgan fingerprint density at radius 1 is 0.632 bits per heavy atom. The molecule has 0 aromatic heterocycles. The number of hydrogen-bond donors (Lipinski definition) is 0. The normalized spacial score (nSPS) is 56.4. The number of rotatable bonds is 0. The summed E-state index contributed by atoms with van der Waals surface area (Å²) in [6, 6.07) is 0. The van der Waals surface area contributed by atoms with Crippen molar-refractivity contribution in [3.63, 3.8) is 0 Å². The minimum atomic E-state index is -0.446. The summed E-state index contributed by atoms with van der Waals surface area (Å²) >= 11 is 0. The van der Waals surface area contributed by atoms with Crippen LogP contribution in [0.4, 0.5) is 0 Å². The number of ether oxygens (including phenoxy) is 2. The van der Waals surface area contributed by atoms with Crippen molar-refractivity contribution < 1.29 is 28.7 Å². The van der Waals surface area contributed by atoms with Crippen LogP contribution in [0.5, 0.6) is 0 Å². The maximum absolute atomic E-state index is 11.7. The number of hydrogen-bond acceptors (Lipinski definition) is 6. The standard InChI is InChI=1S/C13H10O6/c14-10-6-2-1-3(7(6)11(15)18-10)5-4(2)8-9(5)13(17)19-12(8)16/h2-9H,1H2/t2-,3+,4?,5?,6?,7?,8?,9?. The van der Waals surface area contributed by atoms with Crippen LogP contribution in [0.25, 0.3) is 0 Å². The quantitative estimate of drug-likeness (QED) is 0.333. The van der Waals surface area contributed by atoms with E-state index < -0.39 is 23.9 Å². The zero-order chi connectivity index (χ0) is 13.0. The van der Waals surface area contributed by atoms with Crippen molar-refractivity contribution in [2.45, 2.75) is 6.42 Å². The third kappa shape index (κ3) is 0.856. The highest BCUT2D eigenvalue weighted by molar-refractivity contribution is 6.01. The lowest BCUT2D eigenvalue weighted by Gasteiger charge is -2.49. The molecule has 6 nitrogen and oxygen atoms in total. The van der Waals surface area contributed by atoms with E-state index >= 15 is 0 Å². The molecule has 3 saturated carbocycles. The van der Waals surface area contributed by atoms with E-state index in [1.54, 1.807) is 0 Å². The maximum atomic E-state index is 11.7. The van der Waals surface area contributed by atoms with Gasteiger partial charge in [-0.1, -0.05) is 0 Å². The molecular weight excluding hydrogens is 252 g/mol. The summed E-state index contributed by atoms with van der Waals surface area (Å²) in [4.78, 5) is 46.8.